The SMILES string of the molecule is Cc1s/c(=N/c2ccccc2)n(CCCN)c1-c1ccccc1. The number of para-hydroxylation sites is 1. The van der Waals surface area contributed by atoms with E-state index in [-0.39, 0.29) is 0 Å². The van der Waals surface area contributed by atoms with Crippen LogP contribution in [0.15, 0.2) is 65.7 Å². The zero-order valence-corrected chi connectivity index (χ0v) is 14.1. The molecule has 4 heteroatoms. The number of nitrogens with two attached hydrogens (primary N) is 1. The molecule has 0 aliphatic heterocycles. The molecule has 3 aromatic rings. The van der Waals surface area contributed by atoms with Gasteiger partial charge in [-0.2, -0.15) is 0 Å². The van der Waals surface area contributed by atoms with Gasteiger partial charge in [0.2, 0.25) is 0 Å². The van der Waals surface area contributed by atoms with Crippen LogP contribution < -0.4 is 10.5 Å². The molecule has 0 saturated heterocycles. The number of thiazole rings is 1. The van der Waals surface area contributed by atoms with Crippen molar-refractivity contribution in [3.8, 4) is 11.3 Å². The van der Waals surface area contributed by atoms with Crippen LogP contribution in [0.4, 0.5) is 5.69 Å². The molecule has 3 nitrogen and oxygen atoms in total. The van der Waals surface area contributed by atoms with Gasteiger partial charge in [0, 0.05) is 11.4 Å². The Kier molecular flexibility index (Phi) is 5.05. The summed E-state index contributed by atoms with van der Waals surface area (Å²) in [6.07, 6.45) is 0.942. The molecule has 3 rings (SSSR count). The first-order valence-electron chi connectivity index (χ1n) is 7.85. The summed E-state index contributed by atoms with van der Waals surface area (Å²) in [5, 5.41) is 0. The third kappa shape index (κ3) is 3.60. The maximum absolute atomic E-state index is 5.73. The highest BCUT2D eigenvalue weighted by atomic mass is 32.1. The van der Waals surface area contributed by atoms with Crippen LogP contribution in [0, 0.1) is 6.92 Å². The molecular weight excluding hydrogens is 302 g/mol. The second-order valence-electron chi connectivity index (χ2n) is 5.40. The van der Waals surface area contributed by atoms with E-state index in [1.54, 1.807) is 11.3 Å². The van der Waals surface area contributed by atoms with Crippen LogP contribution in [0.3, 0.4) is 0 Å². The van der Waals surface area contributed by atoms with Crippen molar-refractivity contribution < 1.29 is 0 Å². The first-order valence-corrected chi connectivity index (χ1v) is 8.67. The van der Waals surface area contributed by atoms with Crippen LogP contribution in [0.2, 0.25) is 0 Å². The van der Waals surface area contributed by atoms with Gasteiger partial charge in [-0.25, -0.2) is 4.99 Å². The van der Waals surface area contributed by atoms with E-state index >= 15 is 0 Å². The summed E-state index contributed by atoms with van der Waals surface area (Å²) in [6, 6.07) is 20.6. The number of rotatable bonds is 5. The van der Waals surface area contributed by atoms with Crippen molar-refractivity contribution in [1.29, 1.82) is 0 Å². The minimum Gasteiger partial charge on any atom is -0.330 e. The largest absolute Gasteiger partial charge is 0.330 e. The second-order valence-corrected chi connectivity index (χ2v) is 6.58. The maximum Gasteiger partial charge on any atom is 0.190 e. The van der Waals surface area contributed by atoms with Crippen molar-refractivity contribution in [3.63, 3.8) is 0 Å². The topological polar surface area (TPSA) is 43.3 Å². The van der Waals surface area contributed by atoms with E-state index in [2.05, 4.69) is 35.8 Å². The average Bonchev–Trinajstić information content (AvgIpc) is 2.89. The lowest BCUT2D eigenvalue weighted by Gasteiger charge is -2.09. The van der Waals surface area contributed by atoms with E-state index in [4.69, 9.17) is 10.7 Å². The molecule has 2 N–H and O–H groups in total. The Hall–Kier alpha value is -2.17. The van der Waals surface area contributed by atoms with Crippen LogP contribution in [-0.2, 0) is 6.54 Å². The molecule has 0 radical (unpaired) electrons. The number of benzene rings is 2. The highest BCUT2D eigenvalue weighted by Gasteiger charge is 2.12. The monoisotopic (exact) mass is 323 g/mol. The third-order valence-corrected chi connectivity index (χ3v) is 4.69. The number of aryl methyl sites for hydroxylation is 1. The fraction of sp³-hybridized carbons (Fsp3) is 0.211. The Morgan fingerprint density at radius 1 is 1.00 bits per heavy atom. The Balaban J connectivity index is 2.15. The standard InChI is InChI=1S/C19H21N3S/c1-15-18(16-9-4-2-5-10-16)22(14-8-13-20)19(23-15)21-17-11-6-3-7-12-17/h2-7,9-12H,8,13-14,20H2,1H3/b21-19+. The summed E-state index contributed by atoms with van der Waals surface area (Å²) in [5.41, 5.74) is 9.19. The molecule has 0 spiro atoms. The minimum atomic E-state index is 0.681. The molecule has 0 unspecified atom stereocenters. The smallest absolute Gasteiger partial charge is 0.190 e. The molecule has 0 atom stereocenters. The first kappa shape index (κ1) is 15.7. The zero-order valence-electron chi connectivity index (χ0n) is 13.3. The fourth-order valence-electron chi connectivity index (χ4n) is 2.63. The Bertz CT molecular complexity index is 817. The lowest BCUT2D eigenvalue weighted by Crippen LogP contribution is -2.18. The van der Waals surface area contributed by atoms with E-state index in [0.29, 0.717) is 6.54 Å². The van der Waals surface area contributed by atoms with Crippen LogP contribution in [0.5, 0.6) is 0 Å². The van der Waals surface area contributed by atoms with Gasteiger partial charge < -0.3 is 10.3 Å². The van der Waals surface area contributed by atoms with E-state index in [1.165, 1.54) is 16.1 Å². The number of hydrogen-bond donors (Lipinski definition) is 1. The molecule has 2 aromatic carbocycles. The van der Waals surface area contributed by atoms with E-state index in [0.717, 1.165) is 23.5 Å². The fourth-order valence-corrected chi connectivity index (χ4v) is 3.68. The zero-order chi connectivity index (χ0) is 16.1. The van der Waals surface area contributed by atoms with Gasteiger partial charge in [-0.15, -0.1) is 11.3 Å². The van der Waals surface area contributed by atoms with Crippen LogP contribution in [0.25, 0.3) is 11.3 Å². The Morgan fingerprint density at radius 2 is 1.65 bits per heavy atom. The number of aromatic nitrogens is 1. The molecule has 0 amide bonds. The molecule has 23 heavy (non-hydrogen) atoms. The molecule has 0 saturated carbocycles. The Morgan fingerprint density at radius 3 is 2.30 bits per heavy atom. The van der Waals surface area contributed by atoms with Crippen molar-refractivity contribution in [2.45, 2.75) is 19.9 Å². The number of nitrogens with zero attached hydrogens (tertiary/aromatic N) is 2. The Labute approximate surface area is 140 Å². The summed E-state index contributed by atoms with van der Waals surface area (Å²) in [4.78, 5) is 7.15. The lowest BCUT2D eigenvalue weighted by molar-refractivity contribution is 0.640. The second kappa shape index (κ2) is 7.40. The van der Waals surface area contributed by atoms with Gasteiger partial charge >= 0.3 is 0 Å². The van der Waals surface area contributed by atoms with Crippen molar-refractivity contribution in [2.75, 3.05) is 6.54 Å². The van der Waals surface area contributed by atoms with Crippen molar-refractivity contribution in [2.24, 2.45) is 10.7 Å². The quantitative estimate of drug-likeness (QED) is 0.754. The van der Waals surface area contributed by atoms with Crippen molar-refractivity contribution in [3.05, 3.63) is 70.3 Å². The van der Waals surface area contributed by atoms with Crippen LogP contribution in [-0.4, -0.2) is 11.1 Å². The van der Waals surface area contributed by atoms with Crippen LogP contribution in [0.1, 0.15) is 11.3 Å². The lowest BCUT2D eigenvalue weighted by atomic mass is 10.1. The molecule has 0 bridgehead atoms. The summed E-state index contributed by atoms with van der Waals surface area (Å²) in [6.45, 7) is 3.73. The summed E-state index contributed by atoms with van der Waals surface area (Å²) in [7, 11) is 0. The van der Waals surface area contributed by atoms with Gasteiger partial charge in [0.25, 0.3) is 0 Å². The van der Waals surface area contributed by atoms with Gasteiger partial charge in [0.05, 0.1) is 11.4 Å². The third-order valence-electron chi connectivity index (χ3n) is 3.69. The average molecular weight is 323 g/mol. The van der Waals surface area contributed by atoms with E-state index < -0.39 is 0 Å². The van der Waals surface area contributed by atoms with Gasteiger partial charge in [-0.05, 0) is 37.6 Å². The molecule has 0 fully saturated rings. The predicted molar refractivity (Wildman–Crippen MR) is 97.8 cm³/mol. The number of hydrogen-bond acceptors (Lipinski definition) is 3. The maximum atomic E-state index is 5.73. The summed E-state index contributed by atoms with van der Waals surface area (Å²) < 4.78 is 2.30. The molecule has 0 aliphatic rings. The highest BCUT2D eigenvalue weighted by molar-refractivity contribution is 7.09. The molecule has 1 heterocycles. The molecular formula is C19H21N3S. The van der Waals surface area contributed by atoms with Crippen molar-refractivity contribution in [1.82, 2.24) is 4.57 Å². The normalized spacial score (nSPS) is 11.8. The molecule has 0 aliphatic carbocycles. The minimum absolute atomic E-state index is 0.681. The van der Waals surface area contributed by atoms with E-state index in [1.807, 2.05) is 36.4 Å². The molecule has 118 valence electrons. The summed E-state index contributed by atoms with van der Waals surface area (Å²) in [5.74, 6) is 0. The van der Waals surface area contributed by atoms with Crippen LogP contribution >= 0.6 is 11.3 Å². The summed E-state index contributed by atoms with van der Waals surface area (Å²) >= 11 is 1.74. The van der Waals surface area contributed by atoms with Gasteiger partial charge in [0.15, 0.2) is 4.80 Å². The predicted octanol–water partition coefficient (Wildman–Crippen LogP) is 4.11. The van der Waals surface area contributed by atoms with Gasteiger partial charge in [-0.1, -0.05) is 48.5 Å². The van der Waals surface area contributed by atoms with E-state index in [9.17, 15) is 0 Å². The van der Waals surface area contributed by atoms with Crippen molar-refractivity contribution >= 4 is 17.0 Å². The van der Waals surface area contributed by atoms with Gasteiger partial charge in [0.1, 0.15) is 0 Å². The molecule has 1 aromatic heterocycles. The highest BCUT2D eigenvalue weighted by Crippen LogP contribution is 2.25. The van der Waals surface area contributed by atoms with Gasteiger partial charge in [-0.3, -0.25) is 0 Å². The first-order chi connectivity index (χ1) is 11.3.